The normalized spacial score (nSPS) is 18.4. The second-order valence-corrected chi connectivity index (χ2v) is 13.7. The lowest BCUT2D eigenvalue weighted by Gasteiger charge is -2.53. The van der Waals surface area contributed by atoms with Crippen molar-refractivity contribution >= 4 is 41.9 Å². The van der Waals surface area contributed by atoms with Crippen molar-refractivity contribution in [1.29, 1.82) is 0 Å². The summed E-state index contributed by atoms with van der Waals surface area (Å²) in [5.74, 6) is -3.98. The lowest BCUT2D eigenvalue weighted by molar-refractivity contribution is 0.397. The third kappa shape index (κ3) is 4.23. The number of nitrogens with one attached hydrogen (secondary N) is 1. The number of benzene rings is 1. The molecule has 32 heavy (non-hydrogen) atoms. The van der Waals surface area contributed by atoms with Gasteiger partial charge in [-0.1, -0.05) is 30.1 Å². The van der Waals surface area contributed by atoms with E-state index < -0.39 is 52.1 Å². The van der Waals surface area contributed by atoms with Gasteiger partial charge in [0.15, 0.2) is 10.7 Å². The molecule has 3 heterocycles. The van der Waals surface area contributed by atoms with Crippen LogP contribution in [0.3, 0.4) is 0 Å². The predicted molar refractivity (Wildman–Crippen MR) is 120 cm³/mol. The second-order valence-electron chi connectivity index (χ2n) is 8.62. The third-order valence-corrected chi connectivity index (χ3v) is 11.8. The molecule has 2 saturated heterocycles. The highest BCUT2D eigenvalue weighted by molar-refractivity contribution is 7.92. The molecular formula is C20H23ClF3N4O2SSi. The van der Waals surface area contributed by atoms with Gasteiger partial charge in [0.05, 0.1) is 14.5 Å². The van der Waals surface area contributed by atoms with Crippen LogP contribution in [-0.2, 0) is 10.0 Å². The standard InChI is InChI=1S/C20H23ClF3N4O2SSi/c1-27(2)12-32-8-4-7-20(32)10-28(11-20)14-9-13(22)19(18(24)17(14)21)31(29,30)26-16-6-3-5-15(23)25-16/h3,5-6,9H,4,7-8,10-12H2,1-2H3,(H,25,26). The quantitative estimate of drug-likeness (QED) is 0.368. The maximum atomic E-state index is 15.0. The Balaban J connectivity index is 1.59. The maximum absolute atomic E-state index is 15.0. The first-order valence-corrected chi connectivity index (χ1v) is 13.9. The molecule has 2 aromatic rings. The van der Waals surface area contributed by atoms with Crippen molar-refractivity contribution in [3.63, 3.8) is 0 Å². The summed E-state index contributed by atoms with van der Waals surface area (Å²) in [4.78, 5) is 6.15. The van der Waals surface area contributed by atoms with Crippen LogP contribution in [0.4, 0.5) is 24.7 Å². The SMILES string of the molecule is CN(C)C[Si]1CCCC12CN(c1cc(F)c(S(=O)(=O)Nc3cccc(F)n3)c(F)c1Cl)C2. The summed E-state index contributed by atoms with van der Waals surface area (Å²) in [6.07, 6.45) is 3.29. The largest absolute Gasteiger partial charge is 0.369 e. The van der Waals surface area contributed by atoms with E-state index in [4.69, 9.17) is 11.6 Å². The summed E-state index contributed by atoms with van der Waals surface area (Å²) in [6.45, 7) is 1.32. The number of anilines is 2. The van der Waals surface area contributed by atoms with E-state index in [1.54, 1.807) is 0 Å². The maximum Gasteiger partial charge on any atom is 0.268 e. The van der Waals surface area contributed by atoms with Crippen molar-refractivity contribution in [1.82, 2.24) is 9.88 Å². The van der Waals surface area contributed by atoms with Crippen LogP contribution in [0.15, 0.2) is 29.2 Å². The summed E-state index contributed by atoms with van der Waals surface area (Å²) >= 11 is 6.18. The molecule has 2 aliphatic rings. The molecule has 0 atom stereocenters. The minimum absolute atomic E-state index is 0.147. The minimum Gasteiger partial charge on any atom is -0.369 e. The Labute approximate surface area is 192 Å². The molecule has 12 heteroatoms. The highest BCUT2D eigenvalue weighted by Crippen LogP contribution is 2.54. The van der Waals surface area contributed by atoms with Crippen molar-refractivity contribution < 1.29 is 21.6 Å². The van der Waals surface area contributed by atoms with Gasteiger partial charge in [-0.15, -0.1) is 0 Å². The van der Waals surface area contributed by atoms with Crippen molar-refractivity contribution in [3.8, 4) is 0 Å². The average Bonchev–Trinajstić information content (AvgIpc) is 3.06. The van der Waals surface area contributed by atoms with Crippen LogP contribution in [0.2, 0.25) is 16.1 Å². The molecule has 1 N–H and O–H groups in total. The number of hydrogen-bond donors (Lipinski definition) is 1. The zero-order chi connectivity index (χ0) is 23.3. The van der Waals surface area contributed by atoms with Gasteiger partial charge in [0.25, 0.3) is 10.0 Å². The van der Waals surface area contributed by atoms with Crippen LogP contribution in [0.25, 0.3) is 0 Å². The van der Waals surface area contributed by atoms with E-state index in [1.165, 1.54) is 18.2 Å². The zero-order valence-electron chi connectivity index (χ0n) is 17.6. The van der Waals surface area contributed by atoms with Gasteiger partial charge in [0.1, 0.15) is 16.7 Å². The molecule has 2 aliphatic heterocycles. The fraction of sp³-hybridized carbons (Fsp3) is 0.450. The Morgan fingerprint density at radius 1 is 1.28 bits per heavy atom. The van der Waals surface area contributed by atoms with E-state index in [0.29, 0.717) is 13.1 Å². The number of pyridine rings is 1. The molecule has 0 aliphatic carbocycles. The molecule has 0 amide bonds. The number of aromatic nitrogens is 1. The Morgan fingerprint density at radius 3 is 2.66 bits per heavy atom. The molecule has 4 rings (SSSR count). The summed E-state index contributed by atoms with van der Waals surface area (Å²) in [5, 5.41) is -0.270. The first kappa shape index (κ1) is 23.3. The van der Waals surface area contributed by atoms with E-state index in [0.717, 1.165) is 31.1 Å². The lowest BCUT2D eigenvalue weighted by Crippen LogP contribution is -2.58. The molecule has 1 radical (unpaired) electrons. The molecule has 0 saturated carbocycles. The first-order valence-electron chi connectivity index (χ1n) is 10.1. The number of sulfonamides is 1. The van der Waals surface area contributed by atoms with Crippen LogP contribution in [0.5, 0.6) is 0 Å². The predicted octanol–water partition coefficient (Wildman–Crippen LogP) is 3.90. The molecule has 6 nitrogen and oxygen atoms in total. The molecule has 1 aromatic heterocycles. The van der Waals surface area contributed by atoms with E-state index in [1.807, 2.05) is 23.7 Å². The van der Waals surface area contributed by atoms with E-state index in [9.17, 15) is 17.2 Å². The molecule has 0 unspecified atom stereocenters. The Bertz CT molecular complexity index is 1150. The van der Waals surface area contributed by atoms with Crippen molar-refractivity contribution in [3.05, 3.63) is 46.9 Å². The van der Waals surface area contributed by atoms with Crippen LogP contribution in [-0.4, -0.2) is 60.5 Å². The summed E-state index contributed by atoms with van der Waals surface area (Å²) < 4.78 is 70.2. The van der Waals surface area contributed by atoms with Gasteiger partial charge in [0.2, 0.25) is 5.95 Å². The Hall–Kier alpha value is -1.82. The number of halogens is 4. The number of hydrogen-bond acceptors (Lipinski definition) is 5. The van der Waals surface area contributed by atoms with Crippen molar-refractivity contribution in [2.75, 3.05) is 43.0 Å². The van der Waals surface area contributed by atoms with Gasteiger partial charge in [-0.05, 0) is 38.8 Å². The van der Waals surface area contributed by atoms with E-state index >= 15 is 4.39 Å². The molecule has 2 fully saturated rings. The lowest BCUT2D eigenvalue weighted by atomic mass is 9.93. The van der Waals surface area contributed by atoms with Gasteiger partial charge < -0.3 is 9.80 Å². The molecule has 1 spiro atoms. The number of nitrogens with zero attached hydrogens (tertiary/aromatic N) is 3. The van der Waals surface area contributed by atoms with E-state index in [-0.39, 0.29) is 10.7 Å². The smallest absolute Gasteiger partial charge is 0.268 e. The van der Waals surface area contributed by atoms with Gasteiger partial charge in [-0.2, -0.15) is 4.39 Å². The van der Waals surface area contributed by atoms with Crippen LogP contribution in [0, 0.1) is 17.6 Å². The van der Waals surface area contributed by atoms with Crippen molar-refractivity contribution in [2.45, 2.75) is 28.8 Å². The summed E-state index contributed by atoms with van der Waals surface area (Å²) in [6, 6.07) is 5.57. The second kappa shape index (κ2) is 8.51. The summed E-state index contributed by atoms with van der Waals surface area (Å²) in [7, 11) is -1.27. The van der Waals surface area contributed by atoms with Gasteiger partial charge in [-0.3, -0.25) is 4.72 Å². The third-order valence-electron chi connectivity index (χ3n) is 6.04. The molecule has 1 aromatic carbocycles. The fourth-order valence-corrected chi connectivity index (χ4v) is 9.86. The minimum atomic E-state index is -4.72. The fourth-order valence-electron chi connectivity index (χ4n) is 4.64. The average molecular weight is 504 g/mol. The molecular weight excluding hydrogens is 481 g/mol. The zero-order valence-corrected chi connectivity index (χ0v) is 20.2. The summed E-state index contributed by atoms with van der Waals surface area (Å²) in [5.41, 5.74) is 0.147. The van der Waals surface area contributed by atoms with Crippen LogP contribution in [0.1, 0.15) is 12.8 Å². The number of rotatable bonds is 6. The monoisotopic (exact) mass is 503 g/mol. The van der Waals surface area contributed by atoms with Gasteiger partial charge >= 0.3 is 0 Å². The first-order chi connectivity index (χ1) is 15.0. The molecule has 0 bridgehead atoms. The highest BCUT2D eigenvalue weighted by atomic mass is 35.5. The van der Waals surface area contributed by atoms with E-state index in [2.05, 4.69) is 9.88 Å². The van der Waals surface area contributed by atoms with Gasteiger partial charge in [-0.25, -0.2) is 22.2 Å². The topological polar surface area (TPSA) is 65.5 Å². The highest BCUT2D eigenvalue weighted by Gasteiger charge is 2.52. The van der Waals surface area contributed by atoms with Crippen molar-refractivity contribution in [2.24, 2.45) is 0 Å². The van der Waals surface area contributed by atoms with Gasteiger partial charge in [0, 0.05) is 24.2 Å². The Morgan fingerprint density at radius 2 is 2.00 bits per heavy atom. The van der Waals surface area contributed by atoms with Crippen LogP contribution >= 0.6 is 11.6 Å². The Kier molecular flexibility index (Phi) is 6.21. The van der Waals surface area contributed by atoms with Crippen LogP contribution < -0.4 is 9.62 Å². The molecule has 173 valence electrons.